The number of aromatic amines is 1. The van der Waals surface area contributed by atoms with Crippen LogP contribution in [-0.2, 0) is 9.59 Å². The molecule has 3 aromatic heterocycles. The number of carbonyl (C=O) groups is 2. The standard InChI is InChI=1S/C24H22N6O2S/c1-13-4-3-5-16-17(13)20(27-24(26-16)30-9-7-29(2)8-10-30)19-18(21(31)28-22(19)32)15-12-25-23-14(15)6-11-33-23/h3-6,11-12,25H,7-10H2,1-2H3,(H,28,31,32). The van der Waals surface area contributed by atoms with Crippen molar-refractivity contribution in [3.05, 3.63) is 52.7 Å². The van der Waals surface area contributed by atoms with Gasteiger partial charge in [-0.2, -0.15) is 0 Å². The van der Waals surface area contributed by atoms with Crippen LogP contribution in [0.25, 0.3) is 32.3 Å². The molecule has 0 unspecified atom stereocenters. The van der Waals surface area contributed by atoms with Crippen LogP contribution in [0.4, 0.5) is 5.95 Å². The van der Waals surface area contributed by atoms with E-state index in [0.717, 1.165) is 52.9 Å². The molecule has 5 heterocycles. The maximum atomic E-state index is 13.2. The van der Waals surface area contributed by atoms with Crippen LogP contribution in [-0.4, -0.2) is 64.9 Å². The molecule has 6 rings (SSSR count). The van der Waals surface area contributed by atoms with E-state index in [2.05, 4.69) is 27.1 Å². The van der Waals surface area contributed by atoms with Gasteiger partial charge >= 0.3 is 0 Å². The fraction of sp³-hybridized carbons (Fsp3) is 0.250. The Bertz CT molecular complexity index is 1470. The molecule has 1 fully saturated rings. The molecule has 9 heteroatoms. The molecule has 1 aromatic carbocycles. The number of nitrogens with zero attached hydrogens (tertiary/aromatic N) is 4. The molecule has 0 saturated carbocycles. The van der Waals surface area contributed by atoms with Gasteiger partial charge in [-0.05, 0) is 37.0 Å². The molecule has 4 aromatic rings. The van der Waals surface area contributed by atoms with Crippen molar-refractivity contribution in [1.29, 1.82) is 0 Å². The molecular formula is C24H22N6O2S. The molecule has 1 saturated heterocycles. The fourth-order valence-corrected chi connectivity index (χ4v) is 5.44. The molecule has 2 amide bonds. The van der Waals surface area contributed by atoms with E-state index in [9.17, 15) is 9.59 Å². The van der Waals surface area contributed by atoms with Crippen LogP contribution >= 0.6 is 11.3 Å². The van der Waals surface area contributed by atoms with E-state index in [-0.39, 0.29) is 0 Å². The lowest BCUT2D eigenvalue weighted by molar-refractivity contribution is -0.122. The third-order valence-electron chi connectivity index (χ3n) is 6.45. The van der Waals surface area contributed by atoms with Gasteiger partial charge in [-0.1, -0.05) is 12.1 Å². The predicted octanol–water partition coefficient (Wildman–Crippen LogP) is 2.80. The van der Waals surface area contributed by atoms with Gasteiger partial charge in [-0.3, -0.25) is 14.9 Å². The molecule has 166 valence electrons. The molecular weight excluding hydrogens is 436 g/mol. The molecule has 0 spiro atoms. The molecule has 0 radical (unpaired) electrons. The summed E-state index contributed by atoms with van der Waals surface area (Å²) in [6.07, 6.45) is 1.80. The van der Waals surface area contributed by atoms with Gasteiger partial charge in [0, 0.05) is 48.7 Å². The zero-order chi connectivity index (χ0) is 22.7. The highest BCUT2D eigenvalue weighted by atomic mass is 32.1. The summed E-state index contributed by atoms with van der Waals surface area (Å²) in [5, 5.41) is 6.19. The number of thiophene rings is 1. The second-order valence-corrected chi connectivity index (χ2v) is 9.45. The van der Waals surface area contributed by atoms with Crippen LogP contribution in [0.2, 0.25) is 0 Å². The number of benzene rings is 1. The fourth-order valence-electron chi connectivity index (χ4n) is 4.66. The summed E-state index contributed by atoms with van der Waals surface area (Å²) >= 11 is 1.56. The molecule has 33 heavy (non-hydrogen) atoms. The van der Waals surface area contributed by atoms with E-state index in [1.807, 2.05) is 36.6 Å². The summed E-state index contributed by atoms with van der Waals surface area (Å²) in [6, 6.07) is 7.84. The minimum Gasteiger partial charge on any atom is -0.352 e. The van der Waals surface area contributed by atoms with Crippen molar-refractivity contribution in [2.45, 2.75) is 6.92 Å². The van der Waals surface area contributed by atoms with Crippen molar-refractivity contribution in [3.8, 4) is 0 Å². The summed E-state index contributed by atoms with van der Waals surface area (Å²) in [5.41, 5.74) is 3.62. The Morgan fingerprint density at radius 1 is 1.00 bits per heavy atom. The number of hydrogen-bond acceptors (Lipinski definition) is 7. The number of hydrogen-bond donors (Lipinski definition) is 2. The van der Waals surface area contributed by atoms with Crippen LogP contribution in [0.1, 0.15) is 16.8 Å². The largest absolute Gasteiger partial charge is 0.352 e. The van der Waals surface area contributed by atoms with Crippen LogP contribution in [0, 0.1) is 6.92 Å². The van der Waals surface area contributed by atoms with Crippen molar-refractivity contribution < 1.29 is 9.59 Å². The SMILES string of the molecule is Cc1cccc2nc(N3CCN(C)CC3)nc(C3=C(c4c[nH]c5sccc45)C(=O)NC3=O)c12. The maximum Gasteiger partial charge on any atom is 0.261 e. The Kier molecular flexibility index (Phi) is 4.56. The average molecular weight is 459 g/mol. The number of aromatic nitrogens is 3. The number of aryl methyl sites for hydroxylation is 1. The highest BCUT2D eigenvalue weighted by molar-refractivity contribution is 7.16. The number of H-pyrrole nitrogens is 1. The molecule has 2 aliphatic heterocycles. The summed E-state index contributed by atoms with van der Waals surface area (Å²) in [5.74, 6) is -0.235. The van der Waals surface area contributed by atoms with E-state index < -0.39 is 11.8 Å². The first kappa shape index (κ1) is 20.1. The minimum absolute atomic E-state index is 0.309. The monoisotopic (exact) mass is 458 g/mol. The van der Waals surface area contributed by atoms with Gasteiger partial charge in [-0.15, -0.1) is 11.3 Å². The lowest BCUT2D eigenvalue weighted by Crippen LogP contribution is -2.45. The number of fused-ring (bicyclic) bond motifs is 2. The molecule has 0 atom stereocenters. The zero-order valence-corrected chi connectivity index (χ0v) is 19.1. The third kappa shape index (κ3) is 3.15. The minimum atomic E-state index is -0.424. The number of likely N-dealkylation sites (N-methyl/N-ethyl adjacent to an activating group) is 1. The molecule has 8 nitrogen and oxygen atoms in total. The van der Waals surface area contributed by atoms with E-state index in [1.165, 1.54) is 0 Å². The molecule has 2 N–H and O–H groups in total. The summed E-state index contributed by atoms with van der Waals surface area (Å²) in [7, 11) is 2.10. The van der Waals surface area contributed by atoms with Gasteiger partial charge < -0.3 is 14.8 Å². The van der Waals surface area contributed by atoms with Crippen molar-refractivity contribution in [3.63, 3.8) is 0 Å². The smallest absolute Gasteiger partial charge is 0.261 e. The van der Waals surface area contributed by atoms with E-state index in [4.69, 9.17) is 9.97 Å². The van der Waals surface area contributed by atoms with Crippen LogP contribution in [0.5, 0.6) is 0 Å². The number of amides is 2. The first-order valence-electron chi connectivity index (χ1n) is 10.9. The van der Waals surface area contributed by atoms with E-state index in [1.54, 1.807) is 17.5 Å². The van der Waals surface area contributed by atoms with Crippen LogP contribution < -0.4 is 10.2 Å². The zero-order valence-electron chi connectivity index (χ0n) is 18.3. The van der Waals surface area contributed by atoms with Gasteiger partial charge in [0.2, 0.25) is 5.95 Å². The average Bonchev–Trinajstić information content (AvgIpc) is 3.48. The normalized spacial score (nSPS) is 17.6. The Hall–Kier alpha value is -3.56. The maximum absolute atomic E-state index is 13.2. The van der Waals surface area contributed by atoms with Gasteiger partial charge in [0.1, 0.15) is 4.83 Å². The highest BCUT2D eigenvalue weighted by Gasteiger charge is 2.36. The van der Waals surface area contributed by atoms with Gasteiger partial charge in [0.25, 0.3) is 11.8 Å². The van der Waals surface area contributed by atoms with Crippen molar-refractivity contribution in [1.82, 2.24) is 25.2 Å². The number of anilines is 1. The second-order valence-electron chi connectivity index (χ2n) is 8.53. The number of imide groups is 1. The Balaban J connectivity index is 1.63. The first-order valence-corrected chi connectivity index (χ1v) is 11.8. The third-order valence-corrected chi connectivity index (χ3v) is 7.29. The topological polar surface area (TPSA) is 94.2 Å². The predicted molar refractivity (Wildman–Crippen MR) is 130 cm³/mol. The Labute approximate surface area is 193 Å². The van der Waals surface area contributed by atoms with Crippen LogP contribution in [0.15, 0.2) is 35.8 Å². The number of piperazine rings is 1. The van der Waals surface area contributed by atoms with Crippen molar-refractivity contribution >= 4 is 61.4 Å². The number of rotatable bonds is 3. The van der Waals surface area contributed by atoms with Crippen molar-refractivity contribution in [2.24, 2.45) is 0 Å². The second kappa shape index (κ2) is 7.50. The van der Waals surface area contributed by atoms with Gasteiger partial charge in [0.05, 0.1) is 22.4 Å². The summed E-state index contributed by atoms with van der Waals surface area (Å²) in [4.78, 5) is 44.5. The molecule has 0 aliphatic carbocycles. The quantitative estimate of drug-likeness (QED) is 0.459. The van der Waals surface area contributed by atoms with Gasteiger partial charge in [0.15, 0.2) is 0 Å². The lowest BCUT2D eigenvalue weighted by Gasteiger charge is -2.32. The number of nitrogens with one attached hydrogen (secondary N) is 2. The molecule has 2 aliphatic rings. The number of carbonyl (C=O) groups excluding carboxylic acids is 2. The van der Waals surface area contributed by atoms with E-state index >= 15 is 0 Å². The Morgan fingerprint density at radius 3 is 2.61 bits per heavy atom. The first-order chi connectivity index (χ1) is 16.0. The highest BCUT2D eigenvalue weighted by Crippen LogP contribution is 2.38. The summed E-state index contributed by atoms with van der Waals surface area (Å²) in [6.45, 7) is 5.41. The molecule has 0 bridgehead atoms. The van der Waals surface area contributed by atoms with Gasteiger partial charge in [-0.25, -0.2) is 9.97 Å². The van der Waals surface area contributed by atoms with Crippen LogP contribution in [0.3, 0.4) is 0 Å². The van der Waals surface area contributed by atoms with E-state index in [0.29, 0.717) is 28.4 Å². The summed E-state index contributed by atoms with van der Waals surface area (Å²) < 4.78 is 0. The lowest BCUT2D eigenvalue weighted by atomic mass is 9.96. The van der Waals surface area contributed by atoms with Crippen molar-refractivity contribution in [2.75, 3.05) is 38.1 Å². The Morgan fingerprint density at radius 2 is 1.79 bits per heavy atom.